The molecule has 130 valence electrons. The molecule has 8 N–H and O–H groups in total. The second-order valence-electron chi connectivity index (χ2n) is 5.84. The number of hydrogen-bond acceptors (Lipinski definition) is 4. The van der Waals surface area contributed by atoms with Gasteiger partial charge in [0, 0.05) is 11.1 Å². The molecule has 0 unspecified atom stereocenters. The Morgan fingerprint density at radius 2 is 0.923 bits per heavy atom. The van der Waals surface area contributed by atoms with Crippen molar-refractivity contribution in [2.24, 2.45) is 11.5 Å². The predicted octanol–water partition coefficient (Wildman–Crippen LogP) is 2.38. The Morgan fingerprint density at radius 3 is 1.23 bits per heavy atom. The van der Waals surface area contributed by atoms with Gasteiger partial charge in [0.25, 0.3) is 11.8 Å². The van der Waals surface area contributed by atoms with Crippen molar-refractivity contribution in [3.8, 4) is 22.3 Å². The Hall–Kier alpha value is -3.80. The van der Waals surface area contributed by atoms with Gasteiger partial charge in [0.15, 0.2) is 0 Å². The summed E-state index contributed by atoms with van der Waals surface area (Å²) in [5, 5.41) is 0. The summed E-state index contributed by atoms with van der Waals surface area (Å²) in [6.45, 7) is 0. The molecule has 3 rings (SSSR count). The van der Waals surface area contributed by atoms with Gasteiger partial charge >= 0.3 is 0 Å². The van der Waals surface area contributed by atoms with E-state index >= 15 is 0 Å². The molecule has 6 heteroatoms. The first-order valence-electron chi connectivity index (χ1n) is 7.87. The summed E-state index contributed by atoms with van der Waals surface area (Å²) < 4.78 is 0. The normalized spacial score (nSPS) is 10.5. The third-order valence-electron chi connectivity index (χ3n) is 4.25. The highest BCUT2D eigenvalue weighted by Crippen LogP contribution is 2.33. The molecule has 0 atom stereocenters. The standard InChI is InChI=1S/C20H18N4O2/c21-17-13(3-1-5-15(17)19(23)25)11-7-9-12(10-8-11)14-4-2-6-16(18(14)22)20(24)26/h1-10H,21-22H2,(H2,23,25)(H2,24,26). The van der Waals surface area contributed by atoms with Gasteiger partial charge in [-0.05, 0) is 23.3 Å². The van der Waals surface area contributed by atoms with E-state index in [0.717, 1.165) is 11.1 Å². The molecule has 3 aromatic rings. The van der Waals surface area contributed by atoms with Crippen molar-refractivity contribution in [3.63, 3.8) is 0 Å². The number of amides is 2. The van der Waals surface area contributed by atoms with E-state index in [-0.39, 0.29) is 11.1 Å². The largest absolute Gasteiger partial charge is 0.398 e. The van der Waals surface area contributed by atoms with Gasteiger partial charge in [0.2, 0.25) is 0 Å². The Labute approximate surface area is 150 Å². The number of hydrogen-bond donors (Lipinski definition) is 4. The molecule has 0 bridgehead atoms. The molecule has 26 heavy (non-hydrogen) atoms. The Bertz CT molecular complexity index is 928. The van der Waals surface area contributed by atoms with Crippen LogP contribution >= 0.6 is 0 Å². The van der Waals surface area contributed by atoms with Crippen molar-refractivity contribution in [1.29, 1.82) is 0 Å². The highest BCUT2D eigenvalue weighted by Gasteiger charge is 2.13. The van der Waals surface area contributed by atoms with Gasteiger partial charge in [0.05, 0.1) is 22.5 Å². The van der Waals surface area contributed by atoms with Crippen LogP contribution in [0.2, 0.25) is 0 Å². The lowest BCUT2D eigenvalue weighted by Gasteiger charge is -2.12. The lowest BCUT2D eigenvalue weighted by molar-refractivity contribution is 0.0992. The Balaban J connectivity index is 2.03. The van der Waals surface area contributed by atoms with Gasteiger partial charge in [-0.2, -0.15) is 0 Å². The molecule has 0 saturated carbocycles. The summed E-state index contributed by atoms with van der Waals surface area (Å²) in [4.78, 5) is 22.9. The van der Waals surface area contributed by atoms with Crippen molar-refractivity contribution in [2.45, 2.75) is 0 Å². The van der Waals surface area contributed by atoms with Crippen molar-refractivity contribution in [1.82, 2.24) is 0 Å². The topological polar surface area (TPSA) is 138 Å². The number of nitrogens with two attached hydrogens (primary N) is 4. The number of nitrogen functional groups attached to an aromatic ring is 2. The molecule has 0 aliphatic rings. The molecule has 0 aliphatic heterocycles. The van der Waals surface area contributed by atoms with Crippen molar-refractivity contribution >= 4 is 23.2 Å². The van der Waals surface area contributed by atoms with E-state index in [0.29, 0.717) is 22.5 Å². The minimum atomic E-state index is -0.572. The monoisotopic (exact) mass is 346 g/mol. The lowest BCUT2D eigenvalue weighted by atomic mass is 9.95. The maximum atomic E-state index is 11.5. The van der Waals surface area contributed by atoms with Gasteiger partial charge in [0.1, 0.15) is 0 Å². The van der Waals surface area contributed by atoms with Crippen LogP contribution in [0.1, 0.15) is 20.7 Å². The summed E-state index contributed by atoms with van der Waals surface area (Å²) in [6, 6.07) is 17.7. The number of primary amides is 2. The number of carbonyl (C=O) groups excluding carboxylic acids is 2. The second-order valence-corrected chi connectivity index (χ2v) is 5.84. The molecule has 2 amide bonds. The smallest absolute Gasteiger partial charge is 0.250 e. The first kappa shape index (κ1) is 17.0. The van der Waals surface area contributed by atoms with Crippen molar-refractivity contribution in [2.75, 3.05) is 11.5 Å². The van der Waals surface area contributed by atoms with Gasteiger partial charge in [-0.25, -0.2) is 0 Å². The average Bonchev–Trinajstić information content (AvgIpc) is 2.62. The lowest BCUT2D eigenvalue weighted by Crippen LogP contribution is -2.14. The summed E-state index contributed by atoms with van der Waals surface area (Å²) in [5.74, 6) is -1.14. The SMILES string of the molecule is NC(=O)c1cccc(-c2ccc(-c3cccc(C(N)=O)c3N)cc2)c1N. The Kier molecular flexibility index (Phi) is 4.33. The van der Waals surface area contributed by atoms with Crippen LogP contribution in [0, 0.1) is 0 Å². The fourth-order valence-corrected chi connectivity index (χ4v) is 2.89. The van der Waals surface area contributed by atoms with E-state index in [1.165, 1.54) is 0 Å². The van der Waals surface area contributed by atoms with Gasteiger partial charge in [-0.15, -0.1) is 0 Å². The maximum absolute atomic E-state index is 11.5. The van der Waals surface area contributed by atoms with Gasteiger partial charge < -0.3 is 22.9 Å². The van der Waals surface area contributed by atoms with Gasteiger partial charge in [-0.1, -0.05) is 48.5 Å². The zero-order valence-electron chi connectivity index (χ0n) is 13.9. The molecule has 0 fully saturated rings. The molecule has 0 heterocycles. The maximum Gasteiger partial charge on any atom is 0.250 e. The van der Waals surface area contributed by atoms with Gasteiger partial charge in [-0.3, -0.25) is 9.59 Å². The highest BCUT2D eigenvalue weighted by atomic mass is 16.1. The molecule has 0 spiro atoms. The van der Waals surface area contributed by atoms with Crippen LogP contribution in [0.3, 0.4) is 0 Å². The van der Waals surface area contributed by atoms with Crippen LogP contribution in [0.15, 0.2) is 60.7 Å². The molecule has 0 aliphatic carbocycles. The second kappa shape index (κ2) is 6.60. The number of benzene rings is 3. The molecular formula is C20H18N4O2. The average molecular weight is 346 g/mol. The Morgan fingerprint density at radius 1 is 0.577 bits per heavy atom. The summed E-state index contributed by atoms with van der Waals surface area (Å²) in [7, 11) is 0. The summed E-state index contributed by atoms with van der Waals surface area (Å²) >= 11 is 0. The highest BCUT2D eigenvalue weighted by molar-refractivity contribution is 6.02. The van der Waals surface area contributed by atoms with E-state index in [1.807, 2.05) is 36.4 Å². The van der Waals surface area contributed by atoms with E-state index < -0.39 is 11.8 Å². The first-order chi connectivity index (χ1) is 12.4. The third kappa shape index (κ3) is 2.95. The van der Waals surface area contributed by atoms with Crippen LogP contribution in [0.5, 0.6) is 0 Å². The van der Waals surface area contributed by atoms with E-state index in [1.54, 1.807) is 24.3 Å². The minimum absolute atomic E-state index is 0.282. The molecule has 0 radical (unpaired) electrons. The third-order valence-corrected chi connectivity index (χ3v) is 4.25. The van der Waals surface area contributed by atoms with E-state index in [4.69, 9.17) is 22.9 Å². The van der Waals surface area contributed by atoms with Crippen LogP contribution in [0.25, 0.3) is 22.3 Å². The number of carbonyl (C=O) groups is 2. The summed E-state index contributed by atoms with van der Waals surface area (Å²) in [6.07, 6.45) is 0. The molecule has 6 nitrogen and oxygen atoms in total. The van der Waals surface area contributed by atoms with E-state index in [9.17, 15) is 9.59 Å². The van der Waals surface area contributed by atoms with E-state index in [2.05, 4.69) is 0 Å². The minimum Gasteiger partial charge on any atom is -0.398 e. The molecular weight excluding hydrogens is 328 g/mol. The van der Waals surface area contributed by atoms with Crippen molar-refractivity contribution in [3.05, 3.63) is 71.8 Å². The predicted molar refractivity (Wildman–Crippen MR) is 103 cm³/mol. The fourth-order valence-electron chi connectivity index (χ4n) is 2.89. The van der Waals surface area contributed by atoms with Crippen molar-refractivity contribution < 1.29 is 9.59 Å². The van der Waals surface area contributed by atoms with Crippen LogP contribution in [0.4, 0.5) is 11.4 Å². The number of rotatable bonds is 4. The molecule has 0 aromatic heterocycles. The zero-order valence-corrected chi connectivity index (χ0v) is 13.9. The number of anilines is 2. The number of para-hydroxylation sites is 2. The van der Waals surface area contributed by atoms with Crippen LogP contribution < -0.4 is 22.9 Å². The summed E-state index contributed by atoms with van der Waals surface area (Å²) in [5.41, 5.74) is 27.2. The van der Waals surface area contributed by atoms with Crippen LogP contribution in [-0.4, -0.2) is 11.8 Å². The van der Waals surface area contributed by atoms with Crippen LogP contribution in [-0.2, 0) is 0 Å². The molecule has 0 saturated heterocycles. The molecule has 3 aromatic carbocycles. The zero-order chi connectivity index (χ0) is 18.8. The fraction of sp³-hybridized carbons (Fsp3) is 0. The first-order valence-corrected chi connectivity index (χ1v) is 7.87. The quantitative estimate of drug-likeness (QED) is 0.539.